The summed E-state index contributed by atoms with van der Waals surface area (Å²) in [4.78, 5) is 6.71. The Morgan fingerprint density at radius 1 is 0.955 bits per heavy atom. The van der Waals surface area contributed by atoms with Crippen LogP contribution in [0.4, 0.5) is 5.69 Å². The molecular formula is C18H21N3S. The van der Waals surface area contributed by atoms with Gasteiger partial charge in [-0.2, -0.15) is 0 Å². The van der Waals surface area contributed by atoms with E-state index in [1.54, 1.807) is 0 Å². The molecule has 0 atom stereocenters. The molecule has 0 aliphatic carbocycles. The molecule has 0 radical (unpaired) electrons. The highest BCUT2D eigenvalue weighted by atomic mass is 32.1. The van der Waals surface area contributed by atoms with Gasteiger partial charge in [-0.15, -0.1) is 0 Å². The molecule has 0 unspecified atom stereocenters. The Balaban J connectivity index is 2.31. The minimum Gasteiger partial charge on any atom is -0.348 e. The number of anilines is 1. The number of nitrogens with zero attached hydrogens (tertiary/aromatic N) is 2. The fourth-order valence-corrected chi connectivity index (χ4v) is 2.43. The molecule has 3 nitrogen and oxygen atoms in total. The van der Waals surface area contributed by atoms with E-state index in [1.165, 1.54) is 0 Å². The molecule has 2 aromatic rings. The van der Waals surface area contributed by atoms with Gasteiger partial charge in [0.15, 0.2) is 5.11 Å². The first kappa shape index (κ1) is 16.2. The zero-order valence-electron chi connectivity index (χ0n) is 13.0. The second kappa shape index (κ2) is 8.29. The van der Waals surface area contributed by atoms with E-state index in [9.17, 15) is 0 Å². The molecule has 2 aromatic carbocycles. The number of thiocarbonyl (C=S) groups is 1. The quantitative estimate of drug-likeness (QED) is 0.522. The molecule has 0 bridgehead atoms. The topological polar surface area (TPSA) is 27.6 Å². The van der Waals surface area contributed by atoms with E-state index < -0.39 is 0 Å². The van der Waals surface area contributed by atoms with E-state index in [-0.39, 0.29) is 0 Å². The van der Waals surface area contributed by atoms with Crippen molar-refractivity contribution < 1.29 is 0 Å². The van der Waals surface area contributed by atoms with Gasteiger partial charge in [0.2, 0.25) is 0 Å². The normalized spacial score (nSPS) is 11.1. The van der Waals surface area contributed by atoms with Crippen molar-refractivity contribution in [3.63, 3.8) is 0 Å². The number of rotatable bonds is 4. The molecule has 0 aromatic heterocycles. The third kappa shape index (κ3) is 4.40. The van der Waals surface area contributed by atoms with Crippen LogP contribution in [0.1, 0.15) is 19.4 Å². The molecule has 2 rings (SSSR count). The van der Waals surface area contributed by atoms with E-state index in [1.807, 2.05) is 60.7 Å². The average molecular weight is 311 g/mol. The monoisotopic (exact) mass is 311 g/mol. The highest BCUT2D eigenvalue weighted by Crippen LogP contribution is 2.10. The van der Waals surface area contributed by atoms with Crippen molar-refractivity contribution in [1.82, 2.24) is 4.90 Å². The molecule has 22 heavy (non-hydrogen) atoms. The lowest BCUT2D eigenvalue weighted by Crippen LogP contribution is -2.29. The molecule has 0 heterocycles. The molecule has 0 fully saturated rings. The number of nitrogens with one attached hydrogen (secondary N) is 1. The largest absolute Gasteiger partial charge is 0.348 e. The van der Waals surface area contributed by atoms with Crippen molar-refractivity contribution in [3.05, 3.63) is 66.2 Å². The van der Waals surface area contributed by atoms with Crippen LogP contribution in [0.2, 0.25) is 0 Å². The first-order valence-corrected chi connectivity index (χ1v) is 7.90. The van der Waals surface area contributed by atoms with E-state index in [0.29, 0.717) is 5.11 Å². The summed E-state index contributed by atoms with van der Waals surface area (Å²) in [5.74, 6) is 0.767. The summed E-state index contributed by atoms with van der Waals surface area (Å²) in [6.45, 7) is 5.87. The van der Waals surface area contributed by atoms with Crippen molar-refractivity contribution >= 4 is 28.9 Å². The van der Waals surface area contributed by atoms with Crippen LogP contribution in [-0.4, -0.2) is 28.9 Å². The summed E-state index contributed by atoms with van der Waals surface area (Å²) in [6, 6.07) is 20.0. The van der Waals surface area contributed by atoms with Crippen molar-refractivity contribution in [2.24, 2.45) is 4.99 Å². The predicted octanol–water partition coefficient (Wildman–Crippen LogP) is 4.17. The van der Waals surface area contributed by atoms with Gasteiger partial charge in [0.1, 0.15) is 5.84 Å². The highest BCUT2D eigenvalue weighted by molar-refractivity contribution is 7.80. The second-order valence-electron chi connectivity index (χ2n) is 4.77. The van der Waals surface area contributed by atoms with Gasteiger partial charge in [-0.1, -0.05) is 48.5 Å². The van der Waals surface area contributed by atoms with Gasteiger partial charge in [0, 0.05) is 24.3 Å². The first-order chi connectivity index (χ1) is 10.7. The molecule has 4 heteroatoms. The van der Waals surface area contributed by atoms with Gasteiger partial charge in [0.05, 0.1) is 0 Å². The van der Waals surface area contributed by atoms with Gasteiger partial charge < -0.3 is 10.2 Å². The summed E-state index contributed by atoms with van der Waals surface area (Å²) in [7, 11) is 0. The Bertz CT molecular complexity index is 619. The lowest BCUT2D eigenvalue weighted by molar-refractivity contribution is 0.469. The van der Waals surface area contributed by atoms with E-state index >= 15 is 0 Å². The Kier molecular flexibility index (Phi) is 6.10. The van der Waals surface area contributed by atoms with Crippen molar-refractivity contribution in [2.45, 2.75) is 13.8 Å². The van der Waals surface area contributed by atoms with Gasteiger partial charge in [-0.25, -0.2) is 4.99 Å². The van der Waals surface area contributed by atoms with Crippen LogP contribution >= 0.6 is 12.2 Å². The maximum Gasteiger partial charge on any atom is 0.197 e. The number of benzene rings is 2. The third-order valence-electron chi connectivity index (χ3n) is 3.33. The van der Waals surface area contributed by atoms with Gasteiger partial charge >= 0.3 is 0 Å². The zero-order valence-corrected chi connectivity index (χ0v) is 13.8. The summed E-state index contributed by atoms with van der Waals surface area (Å²) >= 11 is 5.46. The molecule has 114 valence electrons. The summed E-state index contributed by atoms with van der Waals surface area (Å²) in [6.07, 6.45) is 0. The number of aliphatic imine (C=N–C) groups is 1. The van der Waals surface area contributed by atoms with Crippen LogP contribution in [0.3, 0.4) is 0 Å². The SMILES string of the molecule is CCN(CC)C(=S)N=C(Nc1ccccc1)c1ccccc1. The molecule has 0 aliphatic heterocycles. The summed E-state index contributed by atoms with van der Waals surface area (Å²) < 4.78 is 0. The van der Waals surface area contributed by atoms with Crippen molar-refractivity contribution in [1.29, 1.82) is 0 Å². The van der Waals surface area contributed by atoms with E-state index in [0.717, 1.165) is 30.2 Å². The standard InChI is InChI=1S/C18H21N3S/c1-3-21(4-2)18(22)20-17(15-11-7-5-8-12-15)19-16-13-9-6-10-14-16/h5-14H,3-4H2,1-2H3,(H,19,20,22). The zero-order chi connectivity index (χ0) is 15.8. The number of amidine groups is 1. The van der Waals surface area contributed by atoms with Crippen LogP contribution in [0.5, 0.6) is 0 Å². The smallest absolute Gasteiger partial charge is 0.197 e. The molecule has 0 saturated carbocycles. The predicted molar refractivity (Wildman–Crippen MR) is 98.6 cm³/mol. The van der Waals surface area contributed by atoms with Crippen LogP contribution in [-0.2, 0) is 0 Å². The third-order valence-corrected chi connectivity index (χ3v) is 3.67. The molecule has 0 saturated heterocycles. The Labute approximate surface area is 137 Å². The van der Waals surface area contributed by atoms with Crippen molar-refractivity contribution in [2.75, 3.05) is 18.4 Å². The second-order valence-corrected chi connectivity index (χ2v) is 5.14. The fraction of sp³-hybridized carbons (Fsp3) is 0.222. The number of hydrogen-bond donors (Lipinski definition) is 1. The van der Waals surface area contributed by atoms with Gasteiger partial charge in [-0.05, 0) is 38.2 Å². The maximum atomic E-state index is 5.46. The fourth-order valence-electron chi connectivity index (χ4n) is 2.08. The lowest BCUT2D eigenvalue weighted by atomic mass is 10.2. The molecule has 1 N–H and O–H groups in total. The van der Waals surface area contributed by atoms with Gasteiger partial charge in [-0.3, -0.25) is 0 Å². The Hall–Kier alpha value is -2.20. The molecule has 0 amide bonds. The molecule has 0 aliphatic rings. The van der Waals surface area contributed by atoms with Crippen LogP contribution in [0, 0.1) is 0 Å². The summed E-state index contributed by atoms with van der Waals surface area (Å²) in [5.41, 5.74) is 2.01. The Morgan fingerprint density at radius 3 is 2.05 bits per heavy atom. The minimum absolute atomic E-state index is 0.604. The number of para-hydroxylation sites is 1. The summed E-state index contributed by atoms with van der Waals surface area (Å²) in [5, 5.41) is 3.97. The van der Waals surface area contributed by atoms with E-state index in [2.05, 4.69) is 29.1 Å². The molecular weight excluding hydrogens is 290 g/mol. The first-order valence-electron chi connectivity index (χ1n) is 7.49. The lowest BCUT2D eigenvalue weighted by Gasteiger charge is -2.19. The van der Waals surface area contributed by atoms with E-state index in [4.69, 9.17) is 12.2 Å². The minimum atomic E-state index is 0.604. The number of hydrogen-bond acceptors (Lipinski definition) is 1. The van der Waals surface area contributed by atoms with Crippen LogP contribution in [0.25, 0.3) is 0 Å². The Morgan fingerprint density at radius 2 is 1.50 bits per heavy atom. The average Bonchev–Trinajstić information content (AvgIpc) is 2.57. The molecule has 0 spiro atoms. The van der Waals surface area contributed by atoms with Crippen LogP contribution in [0.15, 0.2) is 65.7 Å². The highest BCUT2D eigenvalue weighted by Gasteiger charge is 2.08. The van der Waals surface area contributed by atoms with Gasteiger partial charge in [0.25, 0.3) is 0 Å². The maximum absolute atomic E-state index is 5.46. The van der Waals surface area contributed by atoms with Crippen LogP contribution < -0.4 is 5.32 Å². The van der Waals surface area contributed by atoms with Crippen molar-refractivity contribution in [3.8, 4) is 0 Å².